The summed E-state index contributed by atoms with van der Waals surface area (Å²) in [5, 5.41) is 5.70. The number of nitrogens with two attached hydrogens (primary N) is 1. The van der Waals surface area contributed by atoms with Gasteiger partial charge in [-0.25, -0.2) is 0 Å². The third-order valence-electron chi connectivity index (χ3n) is 2.39. The molecule has 1 rings (SSSR count). The van der Waals surface area contributed by atoms with Crippen LogP contribution in [0.15, 0.2) is 24.3 Å². The van der Waals surface area contributed by atoms with E-state index in [1.54, 1.807) is 31.3 Å². The molecule has 0 spiro atoms. The molecule has 18 heavy (non-hydrogen) atoms. The van der Waals surface area contributed by atoms with Gasteiger partial charge >= 0.3 is 0 Å². The molecule has 0 heterocycles. The first-order valence-corrected chi connectivity index (χ1v) is 5.40. The first-order chi connectivity index (χ1) is 8.04. The molecule has 1 atom stereocenters. The molecule has 0 aliphatic heterocycles. The van der Waals surface area contributed by atoms with Crippen molar-refractivity contribution in [1.29, 1.82) is 0 Å². The third kappa shape index (κ3) is 4.73. The number of amides is 2. The molecule has 1 aromatic carbocycles. The summed E-state index contributed by atoms with van der Waals surface area (Å²) in [4.78, 5) is 22.5. The molecule has 100 valence electrons. The van der Waals surface area contributed by atoms with Gasteiger partial charge in [-0.1, -0.05) is 6.92 Å². The standard InChI is InChI=1S/C12H17N3O2.ClH/c1-8(7-14-2)12(17)15-10-5-3-9(4-6-10)11(13)16;/h3-6,8,14H,7H2,1-2H3,(H2,13,16)(H,15,17);1H. The molecular formula is C12H18ClN3O2. The van der Waals surface area contributed by atoms with Crippen LogP contribution in [0.3, 0.4) is 0 Å². The van der Waals surface area contributed by atoms with Gasteiger partial charge in [0.05, 0.1) is 0 Å². The maximum atomic E-state index is 11.7. The molecule has 0 bridgehead atoms. The van der Waals surface area contributed by atoms with Gasteiger partial charge in [-0.15, -0.1) is 12.4 Å². The molecule has 0 saturated carbocycles. The van der Waals surface area contributed by atoms with Gasteiger partial charge in [0.25, 0.3) is 0 Å². The van der Waals surface area contributed by atoms with Crippen LogP contribution in [0, 0.1) is 5.92 Å². The van der Waals surface area contributed by atoms with Crippen LogP contribution in [0.4, 0.5) is 5.69 Å². The summed E-state index contributed by atoms with van der Waals surface area (Å²) in [5.74, 6) is -0.659. The van der Waals surface area contributed by atoms with Crippen LogP contribution < -0.4 is 16.4 Å². The van der Waals surface area contributed by atoms with Crippen molar-refractivity contribution in [3.63, 3.8) is 0 Å². The van der Waals surface area contributed by atoms with Gasteiger partial charge in [-0.05, 0) is 31.3 Å². The van der Waals surface area contributed by atoms with Crippen molar-refractivity contribution < 1.29 is 9.59 Å². The second-order valence-corrected chi connectivity index (χ2v) is 3.89. The topological polar surface area (TPSA) is 84.2 Å². The highest BCUT2D eigenvalue weighted by Crippen LogP contribution is 2.10. The molecule has 0 radical (unpaired) electrons. The molecule has 0 fully saturated rings. The Balaban J connectivity index is 0.00000289. The Morgan fingerprint density at radius 1 is 1.28 bits per heavy atom. The van der Waals surface area contributed by atoms with Crippen molar-refractivity contribution in [3.05, 3.63) is 29.8 Å². The number of rotatable bonds is 5. The van der Waals surface area contributed by atoms with E-state index in [0.29, 0.717) is 17.8 Å². The van der Waals surface area contributed by atoms with E-state index in [1.165, 1.54) is 0 Å². The number of hydrogen-bond donors (Lipinski definition) is 3. The third-order valence-corrected chi connectivity index (χ3v) is 2.39. The minimum Gasteiger partial charge on any atom is -0.366 e. The molecular weight excluding hydrogens is 254 g/mol. The van der Waals surface area contributed by atoms with Crippen LogP contribution in [0.2, 0.25) is 0 Å². The Kier molecular flexibility index (Phi) is 7.00. The number of nitrogens with one attached hydrogen (secondary N) is 2. The van der Waals surface area contributed by atoms with Crippen LogP contribution in [-0.4, -0.2) is 25.4 Å². The predicted octanol–water partition coefficient (Wildman–Crippen LogP) is 1.00. The summed E-state index contributed by atoms with van der Waals surface area (Å²) < 4.78 is 0. The van der Waals surface area contributed by atoms with E-state index >= 15 is 0 Å². The number of halogens is 1. The van der Waals surface area contributed by atoms with E-state index in [9.17, 15) is 9.59 Å². The van der Waals surface area contributed by atoms with Crippen molar-refractivity contribution in [2.45, 2.75) is 6.92 Å². The van der Waals surface area contributed by atoms with Gasteiger partial charge in [-0.2, -0.15) is 0 Å². The molecule has 2 amide bonds. The Morgan fingerprint density at radius 2 is 1.83 bits per heavy atom. The highest BCUT2D eigenvalue weighted by Gasteiger charge is 2.11. The average Bonchev–Trinajstić information content (AvgIpc) is 2.30. The van der Waals surface area contributed by atoms with E-state index in [1.807, 2.05) is 6.92 Å². The zero-order valence-corrected chi connectivity index (χ0v) is 11.2. The van der Waals surface area contributed by atoms with Gasteiger partial charge in [-0.3, -0.25) is 9.59 Å². The zero-order chi connectivity index (χ0) is 12.8. The van der Waals surface area contributed by atoms with Gasteiger partial charge in [0.15, 0.2) is 0 Å². The lowest BCUT2D eigenvalue weighted by Gasteiger charge is -2.11. The van der Waals surface area contributed by atoms with E-state index < -0.39 is 5.91 Å². The van der Waals surface area contributed by atoms with Gasteiger partial charge in [0.1, 0.15) is 0 Å². The van der Waals surface area contributed by atoms with Crippen molar-refractivity contribution in [1.82, 2.24) is 5.32 Å². The monoisotopic (exact) mass is 271 g/mol. The summed E-state index contributed by atoms with van der Waals surface area (Å²) in [5.41, 5.74) is 6.20. The normalized spacial score (nSPS) is 11.2. The lowest BCUT2D eigenvalue weighted by molar-refractivity contribution is -0.119. The fourth-order valence-electron chi connectivity index (χ4n) is 1.38. The Labute approximate surface area is 113 Å². The first-order valence-electron chi connectivity index (χ1n) is 5.40. The predicted molar refractivity (Wildman–Crippen MR) is 73.9 cm³/mol. The van der Waals surface area contributed by atoms with Gasteiger partial charge < -0.3 is 16.4 Å². The van der Waals surface area contributed by atoms with Crippen molar-refractivity contribution in [2.75, 3.05) is 18.9 Å². The number of benzene rings is 1. The lowest BCUT2D eigenvalue weighted by Crippen LogP contribution is -2.28. The average molecular weight is 272 g/mol. The Bertz CT molecular complexity index is 406. The largest absolute Gasteiger partial charge is 0.366 e. The first kappa shape index (κ1) is 16.4. The van der Waals surface area contributed by atoms with Gasteiger partial charge in [0.2, 0.25) is 11.8 Å². The molecule has 0 saturated heterocycles. The number of anilines is 1. The summed E-state index contributed by atoms with van der Waals surface area (Å²) >= 11 is 0. The number of primary amides is 1. The molecule has 0 aromatic heterocycles. The summed E-state index contributed by atoms with van der Waals surface area (Å²) in [6.45, 7) is 2.45. The van der Waals surface area contributed by atoms with Crippen molar-refractivity contribution in [3.8, 4) is 0 Å². The van der Waals surface area contributed by atoms with E-state index in [2.05, 4.69) is 10.6 Å². The Hall–Kier alpha value is -1.59. The maximum absolute atomic E-state index is 11.7. The molecule has 4 N–H and O–H groups in total. The lowest BCUT2D eigenvalue weighted by atomic mass is 10.1. The fourth-order valence-corrected chi connectivity index (χ4v) is 1.38. The number of carbonyl (C=O) groups excluding carboxylic acids is 2. The second-order valence-electron chi connectivity index (χ2n) is 3.89. The highest BCUT2D eigenvalue weighted by molar-refractivity contribution is 5.95. The summed E-state index contributed by atoms with van der Waals surface area (Å²) in [6, 6.07) is 6.48. The molecule has 1 unspecified atom stereocenters. The second kappa shape index (κ2) is 7.68. The molecule has 1 aromatic rings. The SMILES string of the molecule is CNCC(C)C(=O)Nc1ccc(C(N)=O)cc1.Cl. The zero-order valence-electron chi connectivity index (χ0n) is 10.4. The molecule has 6 heteroatoms. The Morgan fingerprint density at radius 3 is 2.28 bits per heavy atom. The van der Waals surface area contributed by atoms with Crippen LogP contribution in [0.1, 0.15) is 17.3 Å². The van der Waals surface area contributed by atoms with Crippen molar-refractivity contribution in [2.24, 2.45) is 11.7 Å². The van der Waals surface area contributed by atoms with Crippen LogP contribution in [-0.2, 0) is 4.79 Å². The summed E-state index contributed by atoms with van der Waals surface area (Å²) in [6.07, 6.45) is 0. The van der Waals surface area contributed by atoms with E-state index in [-0.39, 0.29) is 24.2 Å². The minimum absolute atomic E-state index is 0. The number of hydrogen-bond acceptors (Lipinski definition) is 3. The van der Waals surface area contributed by atoms with Crippen LogP contribution >= 0.6 is 12.4 Å². The number of carbonyl (C=O) groups is 2. The minimum atomic E-state index is -0.480. The molecule has 0 aliphatic rings. The fraction of sp³-hybridized carbons (Fsp3) is 0.333. The quantitative estimate of drug-likeness (QED) is 0.747. The molecule has 5 nitrogen and oxygen atoms in total. The van der Waals surface area contributed by atoms with Crippen LogP contribution in [0.25, 0.3) is 0 Å². The smallest absolute Gasteiger partial charge is 0.248 e. The van der Waals surface area contributed by atoms with Crippen LogP contribution in [0.5, 0.6) is 0 Å². The van der Waals surface area contributed by atoms with Crippen molar-refractivity contribution >= 4 is 29.9 Å². The highest BCUT2D eigenvalue weighted by atomic mass is 35.5. The maximum Gasteiger partial charge on any atom is 0.248 e. The summed E-state index contributed by atoms with van der Waals surface area (Å²) in [7, 11) is 1.80. The van der Waals surface area contributed by atoms with Gasteiger partial charge in [0, 0.05) is 23.7 Å². The molecule has 0 aliphatic carbocycles. The van der Waals surface area contributed by atoms with E-state index in [0.717, 1.165) is 0 Å². The van der Waals surface area contributed by atoms with E-state index in [4.69, 9.17) is 5.73 Å².